The van der Waals surface area contributed by atoms with Crippen LogP contribution in [0.2, 0.25) is 10.0 Å². The molecule has 0 amide bonds. The molecule has 2 N–H and O–H groups in total. The zero-order valence-corrected chi connectivity index (χ0v) is 15.0. The van der Waals surface area contributed by atoms with Gasteiger partial charge >= 0.3 is 0 Å². The molecule has 0 saturated carbocycles. The normalized spacial score (nSPS) is 10.4. The van der Waals surface area contributed by atoms with Crippen LogP contribution in [0.1, 0.15) is 5.56 Å². The number of para-hydroxylation sites is 1. The van der Waals surface area contributed by atoms with Gasteiger partial charge in [-0.1, -0.05) is 47.5 Å². The molecule has 0 atom stereocenters. The summed E-state index contributed by atoms with van der Waals surface area (Å²) in [6.45, 7) is 0.582. The molecule has 0 aliphatic carbocycles. The molecule has 0 aliphatic rings. The minimum atomic E-state index is 0.425. The van der Waals surface area contributed by atoms with Gasteiger partial charge < -0.3 is 15.4 Å². The minimum Gasteiger partial charge on any atom is -0.496 e. The molecule has 0 saturated heterocycles. The highest BCUT2D eigenvalue weighted by Gasteiger charge is 2.07. The van der Waals surface area contributed by atoms with E-state index in [1.807, 2.05) is 30.3 Å². The quantitative estimate of drug-likeness (QED) is 0.624. The third kappa shape index (κ3) is 4.32. The van der Waals surface area contributed by atoms with E-state index in [0.717, 1.165) is 11.3 Å². The zero-order chi connectivity index (χ0) is 17.6. The van der Waals surface area contributed by atoms with Gasteiger partial charge in [-0.25, -0.2) is 4.98 Å². The van der Waals surface area contributed by atoms with Crippen LogP contribution in [-0.4, -0.2) is 17.1 Å². The third-order valence-corrected chi connectivity index (χ3v) is 4.33. The Morgan fingerprint density at radius 2 is 1.88 bits per heavy atom. The SMILES string of the molecule is COc1ccccc1CNc1ccnc(Nc2cccc(Cl)c2Cl)n1. The molecule has 0 aliphatic heterocycles. The molecule has 5 nitrogen and oxygen atoms in total. The Hall–Kier alpha value is -2.50. The second-order valence-corrected chi connectivity index (χ2v) is 5.94. The minimum absolute atomic E-state index is 0.425. The van der Waals surface area contributed by atoms with Gasteiger partial charge in [0.05, 0.1) is 22.8 Å². The standard InChI is InChI=1S/C18H16Cl2N4O/c1-25-15-8-3-2-5-12(15)11-22-16-9-10-21-18(24-16)23-14-7-4-6-13(19)17(14)20/h2-10H,11H2,1H3,(H2,21,22,23,24). The Labute approximate surface area is 156 Å². The molecule has 0 unspecified atom stereocenters. The van der Waals surface area contributed by atoms with E-state index in [4.69, 9.17) is 27.9 Å². The summed E-state index contributed by atoms with van der Waals surface area (Å²) < 4.78 is 5.35. The van der Waals surface area contributed by atoms with E-state index in [1.165, 1.54) is 0 Å². The van der Waals surface area contributed by atoms with Crippen molar-refractivity contribution in [2.45, 2.75) is 6.54 Å². The van der Waals surface area contributed by atoms with Crippen molar-refractivity contribution in [3.05, 3.63) is 70.3 Å². The molecule has 0 spiro atoms. The number of aromatic nitrogens is 2. The fourth-order valence-electron chi connectivity index (χ4n) is 2.27. The van der Waals surface area contributed by atoms with Crippen LogP contribution >= 0.6 is 23.2 Å². The van der Waals surface area contributed by atoms with Gasteiger partial charge in [-0.05, 0) is 24.3 Å². The van der Waals surface area contributed by atoms with Crippen LogP contribution in [0.3, 0.4) is 0 Å². The van der Waals surface area contributed by atoms with Crippen LogP contribution in [0.5, 0.6) is 5.75 Å². The Kier molecular flexibility index (Phi) is 5.58. The number of hydrogen-bond acceptors (Lipinski definition) is 5. The number of rotatable bonds is 6. The molecule has 0 fully saturated rings. The second kappa shape index (κ2) is 8.05. The molecule has 3 aromatic rings. The predicted octanol–water partition coefficient (Wildman–Crippen LogP) is 5.15. The van der Waals surface area contributed by atoms with E-state index in [0.29, 0.717) is 34.0 Å². The van der Waals surface area contributed by atoms with Crippen molar-refractivity contribution < 1.29 is 4.74 Å². The van der Waals surface area contributed by atoms with E-state index in [2.05, 4.69) is 20.6 Å². The third-order valence-electron chi connectivity index (χ3n) is 3.51. The van der Waals surface area contributed by atoms with Crippen LogP contribution < -0.4 is 15.4 Å². The molecular weight excluding hydrogens is 359 g/mol. The highest BCUT2D eigenvalue weighted by molar-refractivity contribution is 6.43. The van der Waals surface area contributed by atoms with Crippen LogP contribution in [-0.2, 0) is 6.54 Å². The fourth-order valence-corrected chi connectivity index (χ4v) is 2.62. The van der Waals surface area contributed by atoms with Crippen LogP contribution in [0.25, 0.3) is 0 Å². The van der Waals surface area contributed by atoms with E-state index >= 15 is 0 Å². The number of benzene rings is 2. The number of halogens is 2. The monoisotopic (exact) mass is 374 g/mol. The van der Waals surface area contributed by atoms with Crippen molar-refractivity contribution in [1.29, 1.82) is 0 Å². The summed E-state index contributed by atoms with van der Waals surface area (Å²) in [5, 5.41) is 7.23. The number of anilines is 3. The molecule has 25 heavy (non-hydrogen) atoms. The molecule has 3 rings (SSSR count). The number of ether oxygens (including phenoxy) is 1. The van der Waals surface area contributed by atoms with Gasteiger partial charge in [0.15, 0.2) is 0 Å². The molecule has 128 valence electrons. The van der Waals surface area contributed by atoms with Gasteiger partial charge in [0.1, 0.15) is 11.6 Å². The van der Waals surface area contributed by atoms with Crippen molar-refractivity contribution in [2.24, 2.45) is 0 Å². The summed E-state index contributed by atoms with van der Waals surface area (Å²) in [7, 11) is 1.65. The maximum Gasteiger partial charge on any atom is 0.229 e. The lowest BCUT2D eigenvalue weighted by molar-refractivity contribution is 0.410. The topological polar surface area (TPSA) is 59.1 Å². The predicted molar refractivity (Wildman–Crippen MR) is 102 cm³/mol. The smallest absolute Gasteiger partial charge is 0.229 e. The number of hydrogen-bond donors (Lipinski definition) is 2. The maximum absolute atomic E-state index is 6.18. The first-order valence-corrected chi connectivity index (χ1v) is 8.33. The van der Waals surface area contributed by atoms with Crippen molar-refractivity contribution in [3.8, 4) is 5.75 Å². The Bertz CT molecular complexity index is 873. The van der Waals surface area contributed by atoms with Gasteiger partial charge in [0, 0.05) is 18.3 Å². The molecule has 1 heterocycles. The summed E-state index contributed by atoms with van der Waals surface area (Å²) in [5.41, 5.74) is 1.69. The fraction of sp³-hybridized carbons (Fsp3) is 0.111. The Morgan fingerprint density at radius 1 is 1.04 bits per heavy atom. The summed E-state index contributed by atoms with van der Waals surface area (Å²) in [5.74, 6) is 1.93. The first-order valence-electron chi connectivity index (χ1n) is 7.57. The Balaban J connectivity index is 1.72. The summed E-state index contributed by atoms with van der Waals surface area (Å²) in [6.07, 6.45) is 1.67. The Morgan fingerprint density at radius 3 is 2.72 bits per heavy atom. The van der Waals surface area contributed by atoms with Gasteiger partial charge in [0.25, 0.3) is 0 Å². The average Bonchev–Trinajstić information content (AvgIpc) is 2.64. The molecule has 0 bridgehead atoms. The lowest BCUT2D eigenvalue weighted by Crippen LogP contribution is -2.05. The van der Waals surface area contributed by atoms with E-state index in [1.54, 1.807) is 31.5 Å². The van der Waals surface area contributed by atoms with E-state index < -0.39 is 0 Å². The highest BCUT2D eigenvalue weighted by atomic mass is 35.5. The summed E-state index contributed by atoms with van der Waals surface area (Å²) in [4.78, 5) is 8.64. The van der Waals surface area contributed by atoms with Gasteiger partial charge in [-0.15, -0.1) is 0 Å². The second-order valence-electron chi connectivity index (χ2n) is 5.16. The molecule has 1 aromatic heterocycles. The molecule has 0 radical (unpaired) electrons. The highest BCUT2D eigenvalue weighted by Crippen LogP contribution is 2.31. The van der Waals surface area contributed by atoms with E-state index in [-0.39, 0.29) is 0 Å². The first kappa shape index (κ1) is 17.3. The van der Waals surface area contributed by atoms with Crippen molar-refractivity contribution in [1.82, 2.24) is 9.97 Å². The molecular formula is C18H16Cl2N4O. The van der Waals surface area contributed by atoms with Crippen LogP contribution in [0.15, 0.2) is 54.7 Å². The largest absolute Gasteiger partial charge is 0.496 e. The van der Waals surface area contributed by atoms with Crippen LogP contribution in [0.4, 0.5) is 17.5 Å². The number of methoxy groups -OCH3 is 1. The maximum atomic E-state index is 6.18. The van der Waals surface area contributed by atoms with Crippen LogP contribution in [0, 0.1) is 0 Å². The zero-order valence-electron chi connectivity index (χ0n) is 13.5. The van der Waals surface area contributed by atoms with Crippen molar-refractivity contribution in [3.63, 3.8) is 0 Å². The summed E-state index contributed by atoms with van der Waals surface area (Å²) >= 11 is 12.2. The molecule has 7 heteroatoms. The van der Waals surface area contributed by atoms with E-state index in [9.17, 15) is 0 Å². The van der Waals surface area contributed by atoms with Gasteiger partial charge in [-0.2, -0.15) is 4.98 Å². The van der Waals surface area contributed by atoms with Gasteiger partial charge in [-0.3, -0.25) is 0 Å². The average molecular weight is 375 g/mol. The number of nitrogens with zero attached hydrogens (tertiary/aromatic N) is 2. The summed E-state index contributed by atoms with van der Waals surface area (Å²) in [6, 6.07) is 15.0. The number of nitrogens with one attached hydrogen (secondary N) is 2. The molecule has 2 aromatic carbocycles. The van der Waals surface area contributed by atoms with Crippen molar-refractivity contribution >= 4 is 40.7 Å². The van der Waals surface area contributed by atoms with Crippen molar-refractivity contribution in [2.75, 3.05) is 17.7 Å². The lowest BCUT2D eigenvalue weighted by Gasteiger charge is -2.11. The lowest BCUT2D eigenvalue weighted by atomic mass is 10.2. The van der Waals surface area contributed by atoms with Gasteiger partial charge in [0.2, 0.25) is 5.95 Å². The first-order chi connectivity index (χ1) is 12.2.